The largest absolute Gasteiger partial charge is 0.383 e. The van der Waals surface area contributed by atoms with E-state index in [9.17, 15) is 13.6 Å². The zero-order valence-corrected chi connectivity index (χ0v) is 17.2. The van der Waals surface area contributed by atoms with Crippen LogP contribution in [0, 0.1) is 11.6 Å². The molecule has 8 heteroatoms. The van der Waals surface area contributed by atoms with Crippen molar-refractivity contribution < 1.29 is 18.3 Å². The molecule has 0 saturated carbocycles. The summed E-state index contributed by atoms with van der Waals surface area (Å²) in [6, 6.07) is 9.86. The van der Waals surface area contributed by atoms with Gasteiger partial charge in [-0.25, -0.2) is 8.78 Å². The number of halogens is 2. The Morgan fingerprint density at radius 3 is 2.68 bits per heavy atom. The first kappa shape index (κ1) is 20.7. The topological polar surface area (TPSA) is 43.6 Å². The van der Waals surface area contributed by atoms with Crippen molar-refractivity contribution in [3.8, 4) is 0 Å². The fourth-order valence-corrected chi connectivity index (χ4v) is 4.57. The summed E-state index contributed by atoms with van der Waals surface area (Å²) in [5.74, 6) is -0.694. The predicted octanol–water partition coefficient (Wildman–Crippen LogP) is 4.41. The number of amides is 1. The molecule has 2 aromatic carbocycles. The summed E-state index contributed by atoms with van der Waals surface area (Å²) in [4.78, 5) is 18.1. The highest BCUT2D eigenvalue weighted by Crippen LogP contribution is 2.22. The maximum atomic E-state index is 14.3. The van der Waals surface area contributed by atoms with Crippen LogP contribution in [0.15, 0.2) is 46.3 Å². The third kappa shape index (κ3) is 4.87. The minimum Gasteiger partial charge on any atom is -0.383 e. The number of aromatic nitrogens is 1. The van der Waals surface area contributed by atoms with E-state index in [0.29, 0.717) is 22.7 Å². The molecule has 0 aliphatic heterocycles. The number of carbonyl (C=O) groups excluding carboxylic acids is 1. The van der Waals surface area contributed by atoms with Gasteiger partial charge in [0.25, 0.3) is 5.91 Å². The Hall–Kier alpha value is -2.03. The molecule has 28 heavy (non-hydrogen) atoms. The van der Waals surface area contributed by atoms with Gasteiger partial charge in [-0.2, -0.15) is 4.99 Å². The lowest BCUT2D eigenvalue weighted by Gasteiger charge is -2.05. The maximum Gasteiger partial charge on any atom is 0.252 e. The average molecular weight is 423 g/mol. The highest BCUT2D eigenvalue weighted by molar-refractivity contribution is 7.99. The Balaban J connectivity index is 1.93. The maximum absolute atomic E-state index is 14.3. The molecule has 1 heterocycles. The van der Waals surface area contributed by atoms with Crippen LogP contribution in [0.4, 0.5) is 8.78 Å². The van der Waals surface area contributed by atoms with E-state index >= 15 is 0 Å². The molecule has 3 aromatic rings. The van der Waals surface area contributed by atoms with Gasteiger partial charge in [0.15, 0.2) is 10.6 Å². The molecule has 1 aromatic heterocycles. The normalized spacial score (nSPS) is 12.1. The molecular weight excluding hydrogens is 402 g/mol. The minimum atomic E-state index is -0.680. The van der Waals surface area contributed by atoms with Gasteiger partial charge in [0, 0.05) is 24.6 Å². The van der Waals surface area contributed by atoms with Crippen LogP contribution in [0.25, 0.3) is 10.2 Å². The van der Waals surface area contributed by atoms with E-state index in [2.05, 4.69) is 11.9 Å². The van der Waals surface area contributed by atoms with Crippen LogP contribution in [-0.4, -0.2) is 29.9 Å². The number of fused-ring (bicyclic) bond motifs is 1. The van der Waals surface area contributed by atoms with Gasteiger partial charge >= 0.3 is 0 Å². The number of rotatable bonds is 7. The number of carbonyl (C=O) groups is 1. The first-order chi connectivity index (χ1) is 13.5. The number of thioether (sulfide) groups is 1. The molecule has 0 saturated heterocycles. The molecule has 0 radical (unpaired) electrons. The molecule has 0 bridgehead atoms. The van der Waals surface area contributed by atoms with E-state index in [0.717, 1.165) is 33.6 Å². The van der Waals surface area contributed by atoms with Crippen molar-refractivity contribution in [3.05, 3.63) is 58.4 Å². The molecule has 0 aliphatic rings. The Morgan fingerprint density at radius 1 is 1.25 bits per heavy atom. The summed E-state index contributed by atoms with van der Waals surface area (Å²) in [5, 5.41) is 0. The summed E-state index contributed by atoms with van der Waals surface area (Å²) in [6.07, 6.45) is 0.145. The third-order valence-corrected chi connectivity index (χ3v) is 5.94. The summed E-state index contributed by atoms with van der Waals surface area (Å²) < 4.78 is 34.9. The van der Waals surface area contributed by atoms with Crippen molar-refractivity contribution in [2.45, 2.75) is 24.8 Å². The van der Waals surface area contributed by atoms with E-state index in [1.54, 1.807) is 16.3 Å². The molecule has 0 unspecified atom stereocenters. The van der Waals surface area contributed by atoms with E-state index in [4.69, 9.17) is 4.74 Å². The predicted molar refractivity (Wildman–Crippen MR) is 109 cm³/mol. The van der Waals surface area contributed by atoms with Gasteiger partial charge in [0.2, 0.25) is 0 Å². The summed E-state index contributed by atoms with van der Waals surface area (Å²) in [6.45, 7) is 2.72. The molecule has 3 rings (SSSR count). The van der Waals surface area contributed by atoms with Gasteiger partial charge in [-0.15, -0.1) is 11.8 Å². The Morgan fingerprint density at radius 2 is 2.00 bits per heavy atom. The molecule has 4 nitrogen and oxygen atoms in total. The van der Waals surface area contributed by atoms with Gasteiger partial charge in [0.05, 0.1) is 23.2 Å². The molecule has 0 fully saturated rings. The van der Waals surface area contributed by atoms with Crippen molar-refractivity contribution in [3.63, 3.8) is 0 Å². The smallest absolute Gasteiger partial charge is 0.252 e. The van der Waals surface area contributed by atoms with Gasteiger partial charge in [0.1, 0.15) is 5.82 Å². The molecule has 0 spiro atoms. The second kappa shape index (κ2) is 9.45. The van der Waals surface area contributed by atoms with Gasteiger partial charge in [-0.1, -0.05) is 30.4 Å². The van der Waals surface area contributed by atoms with Crippen molar-refractivity contribution >= 4 is 39.2 Å². The number of benzene rings is 2. The van der Waals surface area contributed by atoms with Crippen molar-refractivity contribution in [2.24, 2.45) is 4.99 Å². The Labute approximate surface area is 169 Å². The monoisotopic (exact) mass is 422 g/mol. The SMILES string of the molecule is CCSc1ccc(CC(=O)N=c2sc3cc(F)cc(F)c3n2CCOC)cc1. The van der Waals surface area contributed by atoms with Crippen LogP contribution in [0.1, 0.15) is 12.5 Å². The van der Waals surface area contributed by atoms with E-state index < -0.39 is 11.6 Å². The standard InChI is InChI=1S/C20H20F2N2O2S2/c1-3-27-15-6-4-13(5-7-15)10-18(25)23-20-24(8-9-26-2)19-16(22)11-14(21)12-17(19)28-20/h4-7,11-12H,3,8-10H2,1-2H3. The van der Waals surface area contributed by atoms with Crippen LogP contribution in [0.5, 0.6) is 0 Å². The average Bonchev–Trinajstić information content (AvgIpc) is 2.98. The molecule has 0 aliphatic carbocycles. The zero-order valence-electron chi connectivity index (χ0n) is 15.6. The number of hydrogen-bond acceptors (Lipinski definition) is 4. The summed E-state index contributed by atoms with van der Waals surface area (Å²) in [7, 11) is 1.54. The number of thiazole rings is 1. The second-order valence-electron chi connectivity index (χ2n) is 6.02. The number of nitrogens with zero attached hydrogens (tertiary/aromatic N) is 2. The number of ether oxygens (including phenoxy) is 1. The first-order valence-corrected chi connectivity index (χ1v) is 10.6. The van der Waals surface area contributed by atoms with Crippen LogP contribution in [-0.2, 0) is 22.5 Å². The summed E-state index contributed by atoms with van der Waals surface area (Å²) >= 11 is 2.82. The highest BCUT2D eigenvalue weighted by Gasteiger charge is 2.14. The highest BCUT2D eigenvalue weighted by atomic mass is 32.2. The van der Waals surface area contributed by atoms with E-state index in [1.807, 2.05) is 24.3 Å². The molecule has 1 amide bonds. The van der Waals surface area contributed by atoms with Gasteiger partial charge in [-0.05, 0) is 29.5 Å². The summed E-state index contributed by atoms with van der Waals surface area (Å²) in [5.41, 5.74) is 1.09. The fraction of sp³-hybridized carbons (Fsp3) is 0.300. The van der Waals surface area contributed by atoms with Crippen LogP contribution in [0.3, 0.4) is 0 Å². The van der Waals surface area contributed by atoms with Gasteiger partial charge in [-0.3, -0.25) is 4.79 Å². The lowest BCUT2D eigenvalue weighted by molar-refractivity contribution is -0.117. The van der Waals surface area contributed by atoms with Crippen molar-refractivity contribution in [1.29, 1.82) is 0 Å². The minimum absolute atomic E-state index is 0.145. The van der Waals surface area contributed by atoms with Crippen LogP contribution < -0.4 is 4.80 Å². The lowest BCUT2D eigenvalue weighted by atomic mass is 10.1. The number of hydrogen-bond donors (Lipinski definition) is 0. The zero-order chi connectivity index (χ0) is 20.1. The quantitative estimate of drug-likeness (QED) is 0.530. The van der Waals surface area contributed by atoms with Gasteiger partial charge < -0.3 is 9.30 Å². The second-order valence-corrected chi connectivity index (χ2v) is 8.37. The van der Waals surface area contributed by atoms with Crippen LogP contribution in [0.2, 0.25) is 0 Å². The van der Waals surface area contributed by atoms with Crippen molar-refractivity contribution in [1.82, 2.24) is 4.57 Å². The van der Waals surface area contributed by atoms with E-state index in [1.165, 1.54) is 13.2 Å². The Kier molecular flexibility index (Phi) is 6.98. The number of methoxy groups -OCH3 is 1. The first-order valence-electron chi connectivity index (χ1n) is 8.78. The van der Waals surface area contributed by atoms with Crippen LogP contribution >= 0.6 is 23.1 Å². The Bertz CT molecular complexity index is 1040. The molecule has 148 valence electrons. The lowest BCUT2D eigenvalue weighted by Crippen LogP contribution is -2.20. The van der Waals surface area contributed by atoms with Crippen molar-refractivity contribution in [2.75, 3.05) is 19.5 Å². The molecule has 0 N–H and O–H groups in total. The fourth-order valence-electron chi connectivity index (χ4n) is 2.80. The molecular formula is C20H20F2N2O2S2. The molecule has 0 atom stereocenters. The third-order valence-electron chi connectivity index (χ3n) is 4.02. The van der Waals surface area contributed by atoms with E-state index in [-0.39, 0.29) is 17.8 Å².